The summed E-state index contributed by atoms with van der Waals surface area (Å²) in [4.78, 5) is 0.0926. The highest BCUT2D eigenvalue weighted by Crippen LogP contribution is 1.82. The van der Waals surface area contributed by atoms with Crippen molar-refractivity contribution in [3.8, 4) is 0 Å². The molecule has 0 aromatic rings. The van der Waals surface area contributed by atoms with E-state index in [0.29, 0.717) is 0 Å². The predicted octanol–water partition coefficient (Wildman–Crippen LogP) is -2.09. The van der Waals surface area contributed by atoms with Crippen LogP contribution in [-0.4, -0.2) is 25.7 Å². The third-order valence-electron chi connectivity index (χ3n) is 0.904. The SMILES string of the molecule is NC1NN=CC1=S(=O)=O. The first-order valence-corrected chi connectivity index (χ1v) is 3.29. The third kappa shape index (κ3) is 1.08. The summed E-state index contributed by atoms with van der Waals surface area (Å²) in [6.07, 6.45) is 0.525. The molecule has 0 aliphatic carbocycles. The zero-order valence-corrected chi connectivity index (χ0v) is 5.22. The number of hydrogen-bond acceptors (Lipinski definition) is 5. The van der Waals surface area contributed by atoms with Crippen molar-refractivity contribution in [2.75, 3.05) is 0 Å². The Balaban J connectivity index is 3.11. The topological polar surface area (TPSA) is 84.5 Å². The van der Waals surface area contributed by atoms with E-state index in [9.17, 15) is 8.42 Å². The Morgan fingerprint density at radius 3 is 2.67 bits per heavy atom. The highest BCUT2D eigenvalue weighted by atomic mass is 32.2. The van der Waals surface area contributed by atoms with E-state index in [1.807, 2.05) is 0 Å². The Morgan fingerprint density at radius 1 is 1.78 bits per heavy atom. The molecule has 0 saturated heterocycles. The normalized spacial score (nSPS) is 24.1. The molecule has 1 aliphatic rings. The first-order chi connectivity index (χ1) is 4.22. The van der Waals surface area contributed by atoms with Crippen molar-refractivity contribution in [1.82, 2.24) is 5.43 Å². The average Bonchev–Trinajstić information content (AvgIpc) is 2.13. The lowest BCUT2D eigenvalue weighted by molar-refractivity contribution is 0.625. The lowest BCUT2D eigenvalue weighted by Crippen LogP contribution is -2.37. The van der Waals surface area contributed by atoms with Crippen molar-refractivity contribution < 1.29 is 8.42 Å². The molecule has 1 aliphatic heterocycles. The molecule has 1 unspecified atom stereocenters. The van der Waals surface area contributed by atoms with Gasteiger partial charge in [0.25, 0.3) is 0 Å². The van der Waals surface area contributed by atoms with Gasteiger partial charge in [-0.2, -0.15) is 13.5 Å². The summed E-state index contributed by atoms with van der Waals surface area (Å²) in [6, 6.07) is 0. The largest absolute Gasteiger partial charge is 0.306 e. The number of nitrogens with two attached hydrogens (primary N) is 1. The number of hydrazone groups is 1. The molecule has 0 spiro atoms. The van der Waals surface area contributed by atoms with Crippen LogP contribution in [0.1, 0.15) is 0 Å². The van der Waals surface area contributed by atoms with Crippen LogP contribution in [0.25, 0.3) is 0 Å². The van der Waals surface area contributed by atoms with Crippen LogP contribution in [-0.2, 0) is 10.3 Å². The first kappa shape index (κ1) is 6.24. The molecule has 3 N–H and O–H groups in total. The standard InChI is InChI=1S/C3H5N3O2S/c4-3-2(9(7)8)1-5-6-3/h1,3,6H,4H2. The van der Waals surface area contributed by atoms with Crippen LogP contribution in [0.2, 0.25) is 0 Å². The van der Waals surface area contributed by atoms with Gasteiger partial charge in [0, 0.05) is 0 Å². The van der Waals surface area contributed by atoms with Crippen molar-refractivity contribution in [2.45, 2.75) is 6.17 Å². The van der Waals surface area contributed by atoms with Gasteiger partial charge in [0.2, 0.25) is 10.3 Å². The monoisotopic (exact) mass is 147 g/mol. The number of rotatable bonds is 0. The molecule has 0 amide bonds. The number of nitrogens with one attached hydrogen (secondary N) is 1. The molecular formula is C3H5N3O2S. The second kappa shape index (κ2) is 2.16. The van der Waals surface area contributed by atoms with E-state index in [1.165, 1.54) is 6.21 Å². The van der Waals surface area contributed by atoms with E-state index in [4.69, 9.17) is 5.73 Å². The van der Waals surface area contributed by atoms with Crippen LogP contribution in [0, 0.1) is 0 Å². The lowest BCUT2D eigenvalue weighted by atomic mass is 10.4. The molecule has 9 heavy (non-hydrogen) atoms. The maximum Gasteiger partial charge on any atom is 0.222 e. The molecule has 0 aromatic carbocycles. The van der Waals surface area contributed by atoms with Crippen LogP contribution in [0.3, 0.4) is 0 Å². The summed E-state index contributed by atoms with van der Waals surface area (Å²) >= 11 is 0. The Kier molecular flexibility index (Phi) is 1.50. The number of hydrogen-bond donors (Lipinski definition) is 2. The quantitative estimate of drug-likeness (QED) is 0.385. The molecular weight excluding hydrogens is 142 g/mol. The Bertz CT molecular complexity index is 257. The Hall–Kier alpha value is -0.880. The van der Waals surface area contributed by atoms with Gasteiger partial charge in [-0.1, -0.05) is 0 Å². The van der Waals surface area contributed by atoms with Crippen LogP contribution in [0.4, 0.5) is 0 Å². The van der Waals surface area contributed by atoms with Gasteiger partial charge in [-0.15, -0.1) is 0 Å². The van der Waals surface area contributed by atoms with E-state index in [-0.39, 0.29) is 4.86 Å². The van der Waals surface area contributed by atoms with E-state index in [0.717, 1.165) is 0 Å². The Labute approximate surface area is 53.1 Å². The molecule has 0 bridgehead atoms. The van der Waals surface area contributed by atoms with Gasteiger partial charge in [0.05, 0.1) is 6.21 Å². The Morgan fingerprint density at radius 2 is 2.44 bits per heavy atom. The van der Waals surface area contributed by atoms with Gasteiger partial charge in [0.1, 0.15) is 11.0 Å². The molecule has 1 heterocycles. The summed E-state index contributed by atoms with van der Waals surface area (Å²) in [5, 5.41) is 3.44. The van der Waals surface area contributed by atoms with Gasteiger partial charge in [-0.25, -0.2) is 0 Å². The first-order valence-electron chi connectivity index (χ1n) is 2.22. The zero-order chi connectivity index (χ0) is 6.85. The predicted molar refractivity (Wildman–Crippen MR) is 33.5 cm³/mol. The minimum atomic E-state index is -2.24. The van der Waals surface area contributed by atoms with Gasteiger partial charge in [-0.3, -0.25) is 5.43 Å². The highest BCUT2D eigenvalue weighted by Gasteiger charge is 2.13. The summed E-state index contributed by atoms with van der Waals surface area (Å²) in [5.74, 6) is 0. The fourth-order valence-electron chi connectivity index (χ4n) is 0.472. The maximum absolute atomic E-state index is 10.2. The third-order valence-corrected chi connectivity index (χ3v) is 1.65. The molecule has 0 radical (unpaired) electrons. The summed E-state index contributed by atoms with van der Waals surface area (Å²) in [5.41, 5.74) is 7.58. The van der Waals surface area contributed by atoms with E-state index >= 15 is 0 Å². The average molecular weight is 147 g/mol. The van der Waals surface area contributed by atoms with E-state index in [1.54, 1.807) is 0 Å². The van der Waals surface area contributed by atoms with E-state index in [2.05, 4.69) is 10.5 Å². The lowest BCUT2D eigenvalue weighted by Gasteiger charge is -1.96. The smallest absolute Gasteiger partial charge is 0.222 e. The molecule has 0 fully saturated rings. The maximum atomic E-state index is 10.2. The van der Waals surface area contributed by atoms with Crippen molar-refractivity contribution in [2.24, 2.45) is 10.8 Å². The number of nitrogens with zero attached hydrogens (tertiary/aromatic N) is 1. The minimum Gasteiger partial charge on any atom is -0.306 e. The summed E-state index contributed by atoms with van der Waals surface area (Å²) in [6.45, 7) is 0. The molecule has 6 heteroatoms. The van der Waals surface area contributed by atoms with Crippen molar-refractivity contribution >= 4 is 21.4 Å². The fourth-order valence-corrected chi connectivity index (χ4v) is 0.871. The van der Waals surface area contributed by atoms with Crippen molar-refractivity contribution in [3.63, 3.8) is 0 Å². The second-order valence-corrected chi connectivity index (χ2v) is 2.44. The molecule has 1 atom stereocenters. The van der Waals surface area contributed by atoms with Crippen molar-refractivity contribution in [1.29, 1.82) is 0 Å². The zero-order valence-electron chi connectivity index (χ0n) is 4.40. The minimum absolute atomic E-state index is 0.0926. The van der Waals surface area contributed by atoms with E-state index < -0.39 is 16.5 Å². The summed E-state index contributed by atoms with van der Waals surface area (Å²) in [7, 11) is -2.24. The highest BCUT2D eigenvalue weighted by molar-refractivity contribution is 7.74. The van der Waals surface area contributed by atoms with Gasteiger partial charge in [-0.05, 0) is 0 Å². The molecule has 1 rings (SSSR count). The second-order valence-electron chi connectivity index (χ2n) is 1.50. The molecule has 5 nitrogen and oxygen atoms in total. The van der Waals surface area contributed by atoms with Crippen LogP contribution in [0.15, 0.2) is 5.10 Å². The van der Waals surface area contributed by atoms with Gasteiger partial charge >= 0.3 is 0 Å². The molecule has 0 saturated carbocycles. The molecule has 50 valence electrons. The summed E-state index contributed by atoms with van der Waals surface area (Å²) < 4.78 is 20.3. The van der Waals surface area contributed by atoms with Gasteiger partial charge < -0.3 is 5.73 Å². The fraction of sp³-hybridized carbons (Fsp3) is 0.333. The van der Waals surface area contributed by atoms with Crippen LogP contribution in [0.5, 0.6) is 0 Å². The van der Waals surface area contributed by atoms with Crippen LogP contribution < -0.4 is 11.2 Å². The van der Waals surface area contributed by atoms with Crippen molar-refractivity contribution in [3.05, 3.63) is 0 Å². The molecule has 0 aromatic heterocycles. The van der Waals surface area contributed by atoms with Crippen LogP contribution >= 0.6 is 0 Å². The van der Waals surface area contributed by atoms with Gasteiger partial charge in [0.15, 0.2) is 0 Å².